The molecule has 8 heteroatoms. The van der Waals surface area contributed by atoms with E-state index in [1.54, 1.807) is 11.5 Å². The van der Waals surface area contributed by atoms with E-state index in [9.17, 15) is 19.5 Å². The van der Waals surface area contributed by atoms with Gasteiger partial charge in [0.25, 0.3) is 5.91 Å². The number of aromatic nitrogens is 2. The molecule has 8 nitrogen and oxygen atoms in total. The second-order valence-corrected chi connectivity index (χ2v) is 8.11. The van der Waals surface area contributed by atoms with Crippen LogP contribution in [0.15, 0.2) is 6.33 Å². The van der Waals surface area contributed by atoms with Crippen LogP contribution in [0, 0.1) is 0 Å². The van der Waals surface area contributed by atoms with Crippen molar-refractivity contribution >= 4 is 17.6 Å². The van der Waals surface area contributed by atoms with Crippen molar-refractivity contribution < 1.29 is 19.5 Å². The first-order valence-corrected chi connectivity index (χ1v) is 9.59. The number of fused-ring (bicyclic) bond motifs is 1. The summed E-state index contributed by atoms with van der Waals surface area (Å²) in [4.78, 5) is 44.3. The highest BCUT2D eigenvalue weighted by Crippen LogP contribution is 2.31. The normalized spacial score (nSPS) is 24.2. The molecule has 0 radical (unpaired) electrons. The van der Waals surface area contributed by atoms with E-state index in [0.717, 1.165) is 25.7 Å². The topological polar surface area (TPSA) is 105 Å². The second kappa shape index (κ2) is 7.07. The Balaban J connectivity index is 1.98. The Morgan fingerprint density at radius 2 is 1.93 bits per heavy atom. The van der Waals surface area contributed by atoms with E-state index in [-0.39, 0.29) is 35.9 Å². The molecule has 2 amide bonds. The third-order valence-electron chi connectivity index (χ3n) is 5.58. The molecule has 1 aliphatic heterocycles. The quantitative estimate of drug-likeness (QED) is 0.750. The van der Waals surface area contributed by atoms with E-state index in [2.05, 4.69) is 10.3 Å². The maximum absolute atomic E-state index is 13.3. The number of carbonyl (C=O) groups excluding carboxylic acids is 3. The number of ketones is 1. The van der Waals surface area contributed by atoms with Crippen molar-refractivity contribution in [2.24, 2.45) is 0 Å². The molecule has 1 saturated carbocycles. The Hall–Kier alpha value is -2.22. The maximum Gasteiger partial charge on any atom is 0.274 e. The predicted molar refractivity (Wildman–Crippen MR) is 98.3 cm³/mol. The highest BCUT2D eigenvalue weighted by molar-refractivity contribution is 6.09. The Kier molecular flexibility index (Phi) is 5.12. The second-order valence-electron chi connectivity index (χ2n) is 8.11. The average Bonchev–Trinajstić information content (AvgIpc) is 3.23. The molecule has 0 bridgehead atoms. The Labute approximate surface area is 158 Å². The fraction of sp³-hybridized carbons (Fsp3) is 0.684. The first kappa shape index (κ1) is 19.5. The van der Waals surface area contributed by atoms with Crippen molar-refractivity contribution in [3.8, 4) is 0 Å². The van der Waals surface area contributed by atoms with Crippen LogP contribution < -0.4 is 5.32 Å². The van der Waals surface area contributed by atoms with E-state index in [1.165, 1.54) is 18.2 Å². The number of hydrogen-bond donors (Lipinski definition) is 2. The SMILES string of the molecule is CC(O)C(=O)c1ncn2c1C(=O)N(C(C)C)C(C)(C(=O)NC1CCCC1)C2. The van der Waals surface area contributed by atoms with Gasteiger partial charge in [-0.15, -0.1) is 0 Å². The summed E-state index contributed by atoms with van der Waals surface area (Å²) < 4.78 is 1.56. The van der Waals surface area contributed by atoms with Crippen LogP contribution in [0.2, 0.25) is 0 Å². The third kappa shape index (κ3) is 3.26. The fourth-order valence-electron chi connectivity index (χ4n) is 4.25. The van der Waals surface area contributed by atoms with Crippen LogP contribution in [0.25, 0.3) is 0 Å². The van der Waals surface area contributed by atoms with Gasteiger partial charge in [0.1, 0.15) is 23.0 Å². The van der Waals surface area contributed by atoms with E-state index >= 15 is 0 Å². The van der Waals surface area contributed by atoms with Crippen molar-refractivity contribution in [1.29, 1.82) is 0 Å². The van der Waals surface area contributed by atoms with Crippen LogP contribution in [-0.4, -0.2) is 60.9 Å². The van der Waals surface area contributed by atoms with Crippen LogP contribution in [0.1, 0.15) is 74.4 Å². The summed E-state index contributed by atoms with van der Waals surface area (Å²) in [6.45, 7) is 7.02. The minimum atomic E-state index is -1.25. The predicted octanol–water partition coefficient (Wildman–Crippen LogP) is 1.13. The molecule has 2 atom stereocenters. The Morgan fingerprint density at radius 3 is 2.48 bits per heavy atom. The number of aliphatic hydroxyl groups is 1. The molecule has 1 fully saturated rings. The zero-order valence-electron chi connectivity index (χ0n) is 16.4. The van der Waals surface area contributed by atoms with Crippen LogP contribution in [0.5, 0.6) is 0 Å². The molecule has 0 spiro atoms. The summed E-state index contributed by atoms with van der Waals surface area (Å²) in [5.74, 6) is -1.19. The smallest absolute Gasteiger partial charge is 0.274 e. The van der Waals surface area contributed by atoms with Crippen molar-refractivity contribution in [3.63, 3.8) is 0 Å². The number of rotatable bonds is 5. The lowest BCUT2D eigenvalue weighted by molar-refractivity contribution is -0.134. The summed E-state index contributed by atoms with van der Waals surface area (Å²) >= 11 is 0. The van der Waals surface area contributed by atoms with Gasteiger partial charge in [0.2, 0.25) is 11.7 Å². The zero-order valence-corrected chi connectivity index (χ0v) is 16.4. The van der Waals surface area contributed by atoms with Crippen molar-refractivity contribution in [2.45, 2.75) is 83.6 Å². The summed E-state index contributed by atoms with van der Waals surface area (Å²) in [6.07, 6.45) is 4.28. The maximum atomic E-state index is 13.3. The Bertz CT molecular complexity index is 764. The molecular weight excluding hydrogens is 348 g/mol. The van der Waals surface area contributed by atoms with Crippen molar-refractivity contribution in [3.05, 3.63) is 17.7 Å². The van der Waals surface area contributed by atoms with Gasteiger partial charge >= 0.3 is 0 Å². The van der Waals surface area contributed by atoms with E-state index in [1.807, 2.05) is 13.8 Å². The molecule has 1 aromatic rings. The standard InChI is InChI=1S/C19H28N4O4/c1-11(2)23-17(26)15-14(16(25)12(3)24)20-10-22(15)9-19(23,4)18(27)21-13-7-5-6-8-13/h10-13,24H,5-9H2,1-4H3,(H,21,27). The van der Waals surface area contributed by atoms with Gasteiger partial charge in [-0.25, -0.2) is 4.98 Å². The van der Waals surface area contributed by atoms with Gasteiger partial charge in [0.05, 0.1) is 12.9 Å². The van der Waals surface area contributed by atoms with Gasteiger partial charge in [-0.3, -0.25) is 14.4 Å². The molecule has 3 rings (SSSR count). The first-order valence-electron chi connectivity index (χ1n) is 9.59. The number of carbonyl (C=O) groups is 3. The number of imidazole rings is 1. The lowest BCUT2D eigenvalue weighted by Gasteiger charge is -2.46. The third-order valence-corrected chi connectivity index (χ3v) is 5.58. The highest BCUT2D eigenvalue weighted by Gasteiger charge is 2.50. The minimum absolute atomic E-state index is 0.0427. The van der Waals surface area contributed by atoms with Gasteiger partial charge < -0.3 is 19.9 Å². The number of nitrogens with zero attached hydrogens (tertiary/aromatic N) is 3. The first-order chi connectivity index (χ1) is 12.7. The average molecular weight is 376 g/mol. The van der Waals surface area contributed by atoms with E-state index in [4.69, 9.17) is 0 Å². The molecule has 2 aliphatic rings. The van der Waals surface area contributed by atoms with Crippen LogP contribution in [0.4, 0.5) is 0 Å². The molecule has 1 aromatic heterocycles. The lowest BCUT2D eigenvalue weighted by Crippen LogP contribution is -2.66. The molecule has 1 aliphatic carbocycles. The summed E-state index contributed by atoms with van der Waals surface area (Å²) in [6, 6.07) is -0.0926. The van der Waals surface area contributed by atoms with Crippen molar-refractivity contribution in [1.82, 2.24) is 19.8 Å². The zero-order chi connectivity index (χ0) is 19.9. The molecule has 2 unspecified atom stereocenters. The summed E-state index contributed by atoms with van der Waals surface area (Å²) in [5.41, 5.74) is -0.980. The monoisotopic (exact) mass is 376 g/mol. The van der Waals surface area contributed by atoms with Crippen LogP contribution in [0.3, 0.4) is 0 Å². The molecular formula is C19H28N4O4. The lowest BCUT2D eigenvalue weighted by atomic mass is 9.92. The Morgan fingerprint density at radius 1 is 1.30 bits per heavy atom. The number of amides is 2. The molecule has 0 saturated heterocycles. The minimum Gasteiger partial charge on any atom is -0.385 e. The summed E-state index contributed by atoms with van der Waals surface area (Å²) in [7, 11) is 0. The van der Waals surface area contributed by atoms with Crippen LogP contribution >= 0.6 is 0 Å². The number of nitrogens with one attached hydrogen (secondary N) is 1. The molecule has 2 heterocycles. The van der Waals surface area contributed by atoms with E-state index < -0.39 is 23.3 Å². The van der Waals surface area contributed by atoms with Crippen molar-refractivity contribution in [2.75, 3.05) is 0 Å². The van der Waals surface area contributed by atoms with Crippen LogP contribution in [-0.2, 0) is 11.3 Å². The molecule has 27 heavy (non-hydrogen) atoms. The fourth-order valence-corrected chi connectivity index (χ4v) is 4.25. The largest absolute Gasteiger partial charge is 0.385 e. The number of aliphatic hydroxyl groups excluding tert-OH is 1. The number of Topliss-reactive ketones (excluding diaryl/α,β-unsaturated/α-hetero) is 1. The van der Waals surface area contributed by atoms with Gasteiger partial charge in [0.15, 0.2) is 0 Å². The van der Waals surface area contributed by atoms with Gasteiger partial charge in [-0.2, -0.15) is 0 Å². The van der Waals surface area contributed by atoms with Gasteiger partial charge in [0, 0.05) is 12.1 Å². The molecule has 148 valence electrons. The molecule has 2 N–H and O–H groups in total. The van der Waals surface area contributed by atoms with Gasteiger partial charge in [-0.1, -0.05) is 12.8 Å². The summed E-state index contributed by atoms with van der Waals surface area (Å²) in [5, 5.41) is 12.7. The van der Waals surface area contributed by atoms with E-state index in [0.29, 0.717) is 0 Å². The highest BCUT2D eigenvalue weighted by atomic mass is 16.3. The van der Waals surface area contributed by atoms with Gasteiger partial charge in [-0.05, 0) is 40.5 Å². The molecule has 0 aromatic carbocycles. The number of hydrogen-bond acceptors (Lipinski definition) is 5.